The van der Waals surface area contributed by atoms with Crippen LogP contribution >= 0.6 is 43.2 Å². The molecular formula is C11H9Br2NS. The van der Waals surface area contributed by atoms with Crippen LogP contribution in [0.25, 0.3) is 0 Å². The Hall–Kier alpha value is -0.320. The summed E-state index contributed by atoms with van der Waals surface area (Å²) in [5, 5.41) is 5.52. The maximum absolute atomic E-state index is 3.45. The van der Waals surface area contributed by atoms with Gasteiger partial charge in [0.05, 0.1) is 3.79 Å². The van der Waals surface area contributed by atoms with Crippen molar-refractivity contribution in [3.63, 3.8) is 0 Å². The van der Waals surface area contributed by atoms with E-state index < -0.39 is 0 Å². The third-order valence-electron chi connectivity index (χ3n) is 1.94. The summed E-state index contributed by atoms with van der Waals surface area (Å²) in [7, 11) is 0. The lowest BCUT2D eigenvalue weighted by Gasteiger charge is -2.04. The van der Waals surface area contributed by atoms with Crippen molar-refractivity contribution in [2.75, 3.05) is 5.32 Å². The maximum Gasteiger partial charge on any atom is 0.0701 e. The molecule has 1 nitrogen and oxygen atoms in total. The van der Waals surface area contributed by atoms with Gasteiger partial charge in [-0.1, -0.05) is 22.0 Å². The minimum absolute atomic E-state index is 0.860. The normalized spacial score (nSPS) is 10.3. The Labute approximate surface area is 110 Å². The van der Waals surface area contributed by atoms with E-state index in [-0.39, 0.29) is 0 Å². The molecule has 0 radical (unpaired) electrons. The number of anilines is 1. The Bertz CT molecular complexity index is 453. The van der Waals surface area contributed by atoms with E-state index in [0.717, 1.165) is 16.7 Å². The molecular weight excluding hydrogens is 338 g/mol. The zero-order valence-electron chi connectivity index (χ0n) is 7.84. The van der Waals surface area contributed by atoms with Crippen molar-refractivity contribution in [3.05, 3.63) is 49.5 Å². The molecule has 78 valence electrons. The van der Waals surface area contributed by atoms with E-state index in [0.29, 0.717) is 0 Å². The lowest BCUT2D eigenvalue weighted by Crippen LogP contribution is -1.97. The van der Waals surface area contributed by atoms with Gasteiger partial charge < -0.3 is 5.32 Å². The van der Waals surface area contributed by atoms with E-state index >= 15 is 0 Å². The molecule has 0 saturated heterocycles. The van der Waals surface area contributed by atoms with Crippen molar-refractivity contribution < 1.29 is 0 Å². The largest absolute Gasteiger partial charge is 0.381 e. The van der Waals surface area contributed by atoms with E-state index in [9.17, 15) is 0 Å². The first-order valence-corrected chi connectivity index (χ1v) is 6.93. The fourth-order valence-electron chi connectivity index (χ4n) is 1.24. The number of halogens is 2. The monoisotopic (exact) mass is 345 g/mol. The van der Waals surface area contributed by atoms with Crippen molar-refractivity contribution in [1.29, 1.82) is 0 Å². The van der Waals surface area contributed by atoms with Gasteiger partial charge in [0.1, 0.15) is 0 Å². The summed E-state index contributed by atoms with van der Waals surface area (Å²) in [6, 6.07) is 10.3. The third-order valence-corrected chi connectivity index (χ3v) is 3.99. The van der Waals surface area contributed by atoms with Crippen molar-refractivity contribution in [3.8, 4) is 0 Å². The van der Waals surface area contributed by atoms with Crippen LogP contribution in [0.5, 0.6) is 0 Å². The average molecular weight is 347 g/mol. The van der Waals surface area contributed by atoms with Crippen LogP contribution in [0.2, 0.25) is 0 Å². The molecule has 1 heterocycles. The number of rotatable bonds is 3. The van der Waals surface area contributed by atoms with Gasteiger partial charge in [0.25, 0.3) is 0 Å². The second-order valence-corrected chi connectivity index (χ2v) is 6.33. The molecule has 0 fully saturated rings. The standard InChI is InChI=1S/C11H9Br2NS/c12-9-2-1-3-10(5-9)14-6-8-4-11(13)15-7-8/h1-5,7,14H,6H2. The van der Waals surface area contributed by atoms with E-state index in [1.165, 1.54) is 9.35 Å². The van der Waals surface area contributed by atoms with E-state index in [1.54, 1.807) is 11.3 Å². The fourth-order valence-corrected chi connectivity index (χ4v) is 2.85. The first kappa shape index (κ1) is 11.2. The molecule has 1 N–H and O–H groups in total. The molecule has 2 aromatic rings. The highest BCUT2D eigenvalue weighted by atomic mass is 79.9. The molecule has 0 atom stereocenters. The van der Waals surface area contributed by atoms with E-state index in [2.05, 4.69) is 60.8 Å². The molecule has 0 aliphatic carbocycles. The molecule has 0 saturated carbocycles. The minimum Gasteiger partial charge on any atom is -0.381 e. The van der Waals surface area contributed by atoms with Crippen molar-refractivity contribution >= 4 is 48.9 Å². The second kappa shape index (κ2) is 5.14. The van der Waals surface area contributed by atoms with E-state index in [1.807, 2.05) is 12.1 Å². The molecule has 2 rings (SSSR count). The quantitative estimate of drug-likeness (QED) is 0.834. The third kappa shape index (κ3) is 3.33. The maximum atomic E-state index is 3.45. The van der Waals surface area contributed by atoms with Gasteiger partial charge in [0.15, 0.2) is 0 Å². The molecule has 0 aliphatic heterocycles. The van der Waals surface area contributed by atoms with Crippen LogP contribution in [0.4, 0.5) is 5.69 Å². The van der Waals surface area contributed by atoms with Gasteiger partial charge in [0, 0.05) is 16.7 Å². The van der Waals surface area contributed by atoms with Gasteiger partial charge in [-0.05, 0) is 51.1 Å². The predicted octanol–water partition coefficient (Wildman–Crippen LogP) is 4.89. The van der Waals surface area contributed by atoms with Crippen LogP contribution in [0.1, 0.15) is 5.56 Å². The minimum atomic E-state index is 0.860. The number of hydrogen-bond acceptors (Lipinski definition) is 2. The first-order valence-electron chi connectivity index (χ1n) is 4.46. The lowest BCUT2D eigenvalue weighted by atomic mass is 10.3. The predicted molar refractivity (Wildman–Crippen MR) is 73.5 cm³/mol. The lowest BCUT2D eigenvalue weighted by molar-refractivity contribution is 1.16. The Morgan fingerprint density at radius 2 is 2.07 bits per heavy atom. The molecule has 0 unspecified atom stereocenters. The van der Waals surface area contributed by atoms with Crippen molar-refractivity contribution in [2.24, 2.45) is 0 Å². The molecule has 1 aromatic heterocycles. The molecule has 1 aromatic carbocycles. The van der Waals surface area contributed by atoms with Gasteiger partial charge in [-0.25, -0.2) is 0 Å². The number of thiophene rings is 1. The van der Waals surface area contributed by atoms with Gasteiger partial charge in [0.2, 0.25) is 0 Å². The first-order chi connectivity index (χ1) is 7.24. The number of hydrogen-bond donors (Lipinski definition) is 1. The second-order valence-electron chi connectivity index (χ2n) is 3.12. The Morgan fingerprint density at radius 3 is 2.73 bits per heavy atom. The zero-order chi connectivity index (χ0) is 10.7. The van der Waals surface area contributed by atoms with Gasteiger partial charge in [-0.2, -0.15) is 0 Å². The summed E-state index contributed by atoms with van der Waals surface area (Å²) in [5.74, 6) is 0. The average Bonchev–Trinajstić information content (AvgIpc) is 2.62. The van der Waals surface area contributed by atoms with Crippen LogP contribution in [0, 0.1) is 0 Å². The Kier molecular flexibility index (Phi) is 3.83. The van der Waals surface area contributed by atoms with Crippen LogP contribution in [0.3, 0.4) is 0 Å². The summed E-state index contributed by atoms with van der Waals surface area (Å²) >= 11 is 8.61. The molecule has 0 amide bonds. The molecule has 0 bridgehead atoms. The summed E-state index contributed by atoms with van der Waals surface area (Å²) in [5.41, 5.74) is 2.43. The Balaban J connectivity index is 1.99. The number of benzene rings is 1. The highest BCUT2D eigenvalue weighted by Gasteiger charge is 1.97. The molecule has 4 heteroatoms. The summed E-state index contributed by atoms with van der Waals surface area (Å²) < 4.78 is 2.27. The summed E-state index contributed by atoms with van der Waals surface area (Å²) in [4.78, 5) is 0. The Morgan fingerprint density at radius 1 is 1.20 bits per heavy atom. The molecule has 15 heavy (non-hydrogen) atoms. The smallest absolute Gasteiger partial charge is 0.0701 e. The van der Waals surface area contributed by atoms with Crippen molar-refractivity contribution in [2.45, 2.75) is 6.54 Å². The topological polar surface area (TPSA) is 12.0 Å². The van der Waals surface area contributed by atoms with Crippen LogP contribution in [0.15, 0.2) is 44.0 Å². The van der Waals surface area contributed by atoms with Crippen molar-refractivity contribution in [1.82, 2.24) is 0 Å². The van der Waals surface area contributed by atoms with Crippen LogP contribution in [-0.2, 0) is 6.54 Å². The zero-order valence-corrected chi connectivity index (χ0v) is 11.8. The summed E-state index contributed by atoms with van der Waals surface area (Å²) in [6.07, 6.45) is 0. The summed E-state index contributed by atoms with van der Waals surface area (Å²) in [6.45, 7) is 0.860. The highest BCUT2D eigenvalue weighted by molar-refractivity contribution is 9.11. The van der Waals surface area contributed by atoms with Gasteiger partial charge in [-0.3, -0.25) is 0 Å². The van der Waals surface area contributed by atoms with Crippen LogP contribution < -0.4 is 5.32 Å². The highest BCUT2D eigenvalue weighted by Crippen LogP contribution is 2.22. The van der Waals surface area contributed by atoms with E-state index in [4.69, 9.17) is 0 Å². The fraction of sp³-hybridized carbons (Fsp3) is 0.0909. The molecule has 0 spiro atoms. The SMILES string of the molecule is Brc1cccc(NCc2csc(Br)c2)c1. The number of nitrogens with one attached hydrogen (secondary N) is 1. The van der Waals surface area contributed by atoms with Gasteiger partial charge in [-0.15, -0.1) is 11.3 Å². The van der Waals surface area contributed by atoms with Gasteiger partial charge >= 0.3 is 0 Å². The molecule has 0 aliphatic rings. The van der Waals surface area contributed by atoms with Crippen LogP contribution in [-0.4, -0.2) is 0 Å².